The molecule has 8 heavy (non-hydrogen) atoms. The van der Waals surface area contributed by atoms with Crippen LogP contribution in [0.15, 0.2) is 22.2 Å². The molecule has 45 valence electrons. The SMILES string of the molecule is [Cl][Mo]([Cl])[C]1=CC=CC1. The van der Waals surface area contributed by atoms with Crippen LogP contribution >= 0.6 is 18.8 Å². The molecule has 0 unspecified atom stereocenters. The molecule has 0 radical (unpaired) electrons. The van der Waals surface area contributed by atoms with Crippen molar-refractivity contribution >= 4 is 18.8 Å². The molecule has 0 saturated heterocycles. The molecule has 1 aliphatic rings. The van der Waals surface area contributed by atoms with E-state index in [0.717, 1.165) is 6.42 Å². The van der Waals surface area contributed by atoms with Crippen LogP contribution < -0.4 is 0 Å². The molecule has 1 aliphatic carbocycles. The fourth-order valence-corrected chi connectivity index (χ4v) is 2.89. The van der Waals surface area contributed by atoms with Crippen LogP contribution in [0.2, 0.25) is 0 Å². The topological polar surface area (TPSA) is 0 Å². The summed E-state index contributed by atoms with van der Waals surface area (Å²) in [6.07, 6.45) is 7.10. The summed E-state index contributed by atoms with van der Waals surface area (Å²) >= 11 is -1.74. The summed E-state index contributed by atoms with van der Waals surface area (Å²) < 4.78 is 1.26. The fraction of sp³-hybridized carbons (Fsp3) is 0.200. The van der Waals surface area contributed by atoms with Gasteiger partial charge in [-0.05, 0) is 0 Å². The average Bonchev–Trinajstić information content (AvgIpc) is 2.12. The minimum atomic E-state index is -1.74. The first kappa shape index (κ1) is 6.86. The summed E-state index contributed by atoms with van der Waals surface area (Å²) in [5, 5.41) is 0. The van der Waals surface area contributed by atoms with Gasteiger partial charge in [-0.2, -0.15) is 0 Å². The van der Waals surface area contributed by atoms with Gasteiger partial charge >= 0.3 is 62.7 Å². The number of allylic oxidation sites excluding steroid dienone is 4. The van der Waals surface area contributed by atoms with Crippen LogP contribution in [0.5, 0.6) is 0 Å². The van der Waals surface area contributed by atoms with Crippen molar-refractivity contribution in [1.29, 1.82) is 0 Å². The van der Waals surface area contributed by atoms with Gasteiger partial charge in [0.25, 0.3) is 0 Å². The molecule has 0 aliphatic heterocycles. The first-order valence-corrected chi connectivity index (χ1v) is 8.40. The van der Waals surface area contributed by atoms with Gasteiger partial charge in [-0.3, -0.25) is 0 Å². The van der Waals surface area contributed by atoms with Crippen LogP contribution in [0, 0.1) is 0 Å². The van der Waals surface area contributed by atoms with Crippen molar-refractivity contribution in [3.8, 4) is 0 Å². The first-order valence-electron chi connectivity index (χ1n) is 2.23. The number of rotatable bonds is 1. The van der Waals surface area contributed by atoms with Gasteiger partial charge in [-0.15, -0.1) is 0 Å². The third kappa shape index (κ3) is 1.62. The molecule has 0 bridgehead atoms. The molecular formula is C5H5Cl2Mo. The Kier molecular flexibility index (Phi) is 2.62. The average molecular weight is 232 g/mol. The Morgan fingerprint density at radius 1 is 1.50 bits per heavy atom. The monoisotopic (exact) mass is 233 g/mol. The van der Waals surface area contributed by atoms with Gasteiger partial charge < -0.3 is 0 Å². The van der Waals surface area contributed by atoms with Crippen LogP contribution in [0.4, 0.5) is 0 Å². The normalized spacial score (nSPS) is 17.6. The maximum absolute atomic E-state index is 5.71. The summed E-state index contributed by atoms with van der Waals surface area (Å²) in [6, 6.07) is 0. The Morgan fingerprint density at radius 2 is 2.25 bits per heavy atom. The van der Waals surface area contributed by atoms with Crippen LogP contribution in [0.3, 0.4) is 0 Å². The van der Waals surface area contributed by atoms with Crippen LogP contribution in [0.25, 0.3) is 0 Å². The Hall–Kier alpha value is 0.748. The predicted molar refractivity (Wildman–Crippen MR) is 33.5 cm³/mol. The van der Waals surface area contributed by atoms with Gasteiger partial charge in [-0.1, -0.05) is 0 Å². The van der Waals surface area contributed by atoms with E-state index in [2.05, 4.69) is 6.08 Å². The Bertz CT molecular complexity index is 137. The van der Waals surface area contributed by atoms with Gasteiger partial charge in [0, 0.05) is 0 Å². The van der Waals surface area contributed by atoms with E-state index < -0.39 is 15.2 Å². The minimum absolute atomic E-state index is 0.990. The van der Waals surface area contributed by atoms with Gasteiger partial charge in [-0.25, -0.2) is 0 Å². The summed E-state index contributed by atoms with van der Waals surface area (Å²) in [5.74, 6) is 0. The van der Waals surface area contributed by atoms with Crippen molar-refractivity contribution in [2.45, 2.75) is 6.42 Å². The van der Waals surface area contributed by atoms with Crippen molar-refractivity contribution in [2.24, 2.45) is 0 Å². The van der Waals surface area contributed by atoms with E-state index in [4.69, 9.17) is 18.8 Å². The molecule has 3 heteroatoms. The zero-order valence-corrected chi connectivity index (χ0v) is 7.62. The van der Waals surface area contributed by atoms with E-state index in [-0.39, 0.29) is 0 Å². The quantitative estimate of drug-likeness (QED) is 0.609. The molecule has 0 nitrogen and oxygen atoms in total. The van der Waals surface area contributed by atoms with E-state index in [1.54, 1.807) is 0 Å². The Balaban J connectivity index is 2.51. The predicted octanol–water partition coefficient (Wildman–Crippen LogP) is 2.76. The molecule has 0 aromatic carbocycles. The fourth-order valence-electron chi connectivity index (χ4n) is 0.542. The number of hydrogen-bond acceptors (Lipinski definition) is 0. The molecule has 0 N–H and O–H groups in total. The van der Waals surface area contributed by atoms with Gasteiger partial charge in [0.1, 0.15) is 0 Å². The third-order valence-corrected chi connectivity index (χ3v) is 5.00. The molecule has 0 fully saturated rings. The van der Waals surface area contributed by atoms with Crippen molar-refractivity contribution in [2.75, 3.05) is 0 Å². The second-order valence-electron chi connectivity index (χ2n) is 1.48. The molecule has 0 amide bonds. The van der Waals surface area contributed by atoms with E-state index in [1.165, 1.54) is 3.96 Å². The summed E-state index contributed by atoms with van der Waals surface area (Å²) in [4.78, 5) is 0. The second kappa shape index (κ2) is 3.05. The Labute approximate surface area is 62.6 Å². The van der Waals surface area contributed by atoms with E-state index in [9.17, 15) is 0 Å². The molecule has 0 aromatic rings. The van der Waals surface area contributed by atoms with Gasteiger partial charge in [0.2, 0.25) is 0 Å². The van der Waals surface area contributed by atoms with Crippen molar-refractivity contribution < 1.29 is 15.2 Å². The maximum atomic E-state index is 5.71. The van der Waals surface area contributed by atoms with E-state index >= 15 is 0 Å². The molecule has 0 heterocycles. The Morgan fingerprint density at radius 3 is 2.50 bits per heavy atom. The molecular weight excluding hydrogens is 227 g/mol. The standard InChI is InChI=1S/C5H5.2ClH.Mo/c1-2-4-5-3-1;;;/h1-3H,4H2;2*1H;/q;;;+2/p-2. The van der Waals surface area contributed by atoms with Crippen LogP contribution in [0.1, 0.15) is 6.42 Å². The molecule has 0 atom stereocenters. The van der Waals surface area contributed by atoms with Crippen molar-refractivity contribution in [3.05, 3.63) is 22.2 Å². The second-order valence-corrected chi connectivity index (χ2v) is 8.40. The molecule has 1 rings (SSSR count). The number of hydrogen-bond donors (Lipinski definition) is 0. The summed E-state index contributed by atoms with van der Waals surface area (Å²) in [6.45, 7) is 0. The van der Waals surface area contributed by atoms with E-state index in [1.807, 2.05) is 12.2 Å². The van der Waals surface area contributed by atoms with E-state index in [0.29, 0.717) is 0 Å². The molecule has 0 aromatic heterocycles. The first-order chi connectivity index (χ1) is 3.80. The summed E-state index contributed by atoms with van der Waals surface area (Å²) in [7, 11) is 11.4. The van der Waals surface area contributed by atoms with Crippen molar-refractivity contribution in [1.82, 2.24) is 0 Å². The number of halogens is 2. The third-order valence-electron chi connectivity index (χ3n) is 0.935. The zero-order valence-electron chi connectivity index (χ0n) is 4.10. The molecule has 0 saturated carbocycles. The van der Waals surface area contributed by atoms with Crippen LogP contribution in [-0.2, 0) is 15.2 Å². The molecule has 0 spiro atoms. The van der Waals surface area contributed by atoms with Crippen LogP contribution in [-0.4, -0.2) is 0 Å². The van der Waals surface area contributed by atoms with Gasteiger partial charge in [0.15, 0.2) is 0 Å². The zero-order chi connectivity index (χ0) is 5.98. The summed E-state index contributed by atoms with van der Waals surface area (Å²) in [5.41, 5.74) is 0. The van der Waals surface area contributed by atoms with Crippen molar-refractivity contribution in [3.63, 3.8) is 0 Å². The van der Waals surface area contributed by atoms with Gasteiger partial charge in [0.05, 0.1) is 0 Å².